The topological polar surface area (TPSA) is 23.5 Å². The SMILES string of the molecule is Cc1ccc(Pc2cc(C)ccc2O)c(CN(C)C)c1. The van der Waals surface area contributed by atoms with Crippen molar-refractivity contribution in [3.8, 4) is 5.75 Å². The van der Waals surface area contributed by atoms with Gasteiger partial charge in [0.1, 0.15) is 5.75 Å². The van der Waals surface area contributed by atoms with E-state index in [1.807, 2.05) is 6.07 Å². The quantitative estimate of drug-likeness (QED) is 0.874. The molecular weight excluding hydrogens is 265 g/mol. The summed E-state index contributed by atoms with van der Waals surface area (Å²) in [5.74, 6) is 0.394. The Balaban J connectivity index is 2.35. The van der Waals surface area contributed by atoms with Crippen molar-refractivity contribution in [2.24, 2.45) is 0 Å². The van der Waals surface area contributed by atoms with Crippen LogP contribution in [0.15, 0.2) is 36.4 Å². The highest BCUT2D eigenvalue weighted by Crippen LogP contribution is 2.22. The molecule has 0 radical (unpaired) electrons. The predicted octanol–water partition coefficient (Wildman–Crippen LogP) is 2.70. The Hall–Kier alpha value is -1.37. The summed E-state index contributed by atoms with van der Waals surface area (Å²) in [4.78, 5) is 2.18. The van der Waals surface area contributed by atoms with Crippen molar-refractivity contribution in [1.82, 2.24) is 4.90 Å². The first kappa shape index (κ1) is 15.0. The summed E-state index contributed by atoms with van der Waals surface area (Å²) in [6, 6.07) is 12.4. The van der Waals surface area contributed by atoms with Gasteiger partial charge < -0.3 is 10.0 Å². The molecule has 106 valence electrons. The second kappa shape index (κ2) is 6.39. The van der Waals surface area contributed by atoms with Gasteiger partial charge in [-0.05, 0) is 50.9 Å². The van der Waals surface area contributed by atoms with Gasteiger partial charge in [-0.2, -0.15) is 0 Å². The van der Waals surface area contributed by atoms with Crippen LogP contribution in [0.5, 0.6) is 5.75 Å². The third-order valence-corrected chi connectivity index (χ3v) is 4.60. The van der Waals surface area contributed by atoms with E-state index < -0.39 is 0 Å². The summed E-state index contributed by atoms with van der Waals surface area (Å²) >= 11 is 0. The van der Waals surface area contributed by atoms with E-state index >= 15 is 0 Å². The van der Waals surface area contributed by atoms with Crippen LogP contribution < -0.4 is 10.6 Å². The lowest BCUT2D eigenvalue weighted by Gasteiger charge is -2.16. The summed E-state index contributed by atoms with van der Waals surface area (Å²) in [6.07, 6.45) is 0. The molecule has 0 saturated carbocycles. The molecule has 0 aliphatic carbocycles. The van der Waals surface area contributed by atoms with Crippen LogP contribution in [0.2, 0.25) is 0 Å². The molecule has 0 heterocycles. The molecule has 1 unspecified atom stereocenters. The molecule has 2 aromatic carbocycles. The lowest BCUT2D eigenvalue weighted by atomic mass is 10.1. The van der Waals surface area contributed by atoms with Crippen LogP contribution >= 0.6 is 8.58 Å². The van der Waals surface area contributed by atoms with E-state index in [2.05, 4.69) is 57.1 Å². The Morgan fingerprint density at radius 1 is 0.950 bits per heavy atom. The smallest absolute Gasteiger partial charge is 0.123 e. The minimum absolute atomic E-state index is 0.394. The zero-order valence-electron chi connectivity index (χ0n) is 12.6. The summed E-state index contributed by atoms with van der Waals surface area (Å²) in [6.45, 7) is 5.11. The summed E-state index contributed by atoms with van der Waals surface area (Å²) in [5, 5.41) is 12.4. The molecule has 1 N–H and O–H groups in total. The van der Waals surface area contributed by atoms with Crippen molar-refractivity contribution < 1.29 is 5.11 Å². The fourth-order valence-corrected chi connectivity index (χ4v) is 3.49. The maximum atomic E-state index is 10.0. The minimum atomic E-state index is 0.394. The Labute approximate surface area is 123 Å². The maximum absolute atomic E-state index is 10.0. The van der Waals surface area contributed by atoms with Gasteiger partial charge in [0.25, 0.3) is 0 Å². The number of phenols is 1. The summed E-state index contributed by atoms with van der Waals surface area (Å²) in [5.41, 5.74) is 3.81. The summed E-state index contributed by atoms with van der Waals surface area (Å²) < 4.78 is 0. The van der Waals surface area contributed by atoms with Crippen LogP contribution in [0, 0.1) is 13.8 Å². The van der Waals surface area contributed by atoms with Gasteiger partial charge >= 0.3 is 0 Å². The van der Waals surface area contributed by atoms with E-state index in [1.54, 1.807) is 6.07 Å². The van der Waals surface area contributed by atoms with Gasteiger partial charge in [-0.3, -0.25) is 0 Å². The Morgan fingerprint density at radius 2 is 1.60 bits per heavy atom. The minimum Gasteiger partial charge on any atom is -0.507 e. The normalized spacial score (nSPS) is 11.7. The van der Waals surface area contributed by atoms with E-state index in [0.29, 0.717) is 14.3 Å². The number of aromatic hydroxyl groups is 1. The molecule has 0 aliphatic rings. The Bertz CT molecular complexity index is 608. The molecule has 0 saturated heterocycles. The second-order valence-electron chi connectivity index (χ2n) is 5.54. The largest absolute Gasteiger partial charge is 0.507 e. The number of hydrogen-bond acceptors (Lipinski definition) is 2. The van der Waals surface area contributed by atoms with Gasteiger partial charge in [0, 0.05) is 11.8 Å². The third kappa shape index (κ3) is 3.82. The van der Waals surface area contributed by atoms with Crippen LogP contribution in [-0.2, 0) is 6.54 Å². The first-order chi connectivity index (χ1) is 9.45. The molecule has 2 nitrogen and oxygen atoms in total. The molecular formula is C17H22NOP. The van der Waals surface area contributed by atoms with E-state index in [4.69, 9.17) is 0 Å². The monoisotopic (exact) mass is 287 g/mol. The molecule has 20 heavy (non-hydrogen) atoms. The van der Waals surface area contributed by atoms with Gasteiger partial charge in [0.2, 0.25) is 0 Å². The predicted molar refractivity (Wildman–Crippen MR) is 89.0 cm³/mol. The third-order valence-electron chi connectivity index (χ3n) is 3.17. The van der Waals surface area contributed by atoms with Crippen LogP contribution in [0.3, 0.4) is 0 Å². The van der Waals surface area contributed by atoms with E-state index in [9.17, 15) is 5.11 Å². The van der Waals surface area contributed by atoms with Crippen LogP contribution in [-0.4, -0.2) is 24.1 Å². The zero-order valence-corrected chi connectivity index (χ0v) is 13.6. The van der Waals surface area contributed by atoms with Crippen molar-refractivity contribution in [3.05, 3.63) is 53.1 Å². The van der Waals surface area contributed by atoms with Crippen molar-refractivity contribution in [2.75, 3.05) is 14.1 Å². The first-order valence-corrected chi connectivity index (χ1v) is 7.76. The fourth-order valence-electron chi connectivity index (χ4n) is 2.21. The molecule has 2 aromatic rings. The van der Waals surface area contributed by atoms with Crippen LogP contribution in [0.1, 0.15) is 16.7 Å². The molecule has 2 rings (SSSR count). The average Bonchev–Trinajstić information content (AvgIpc) is 2.36. The van der Waals surface area contributed by atoms with Gasteiger partial charge in [-0.1, -0.05) is 44.0 Å². The van der Waals surface area contributed by atoms with Crippen molar-refractivity contribution in [3.63, 3.8) is 0 Å². The highest BCUT2D eigenvalue weighted by molar-refractivity contribution is 7.55. The lowest BCUT2D eigenvalue weighted by Crippen LogP contribution is -2.18. The molecule has 0 aliphatic heterocycles. The van der Waals surface area contributed by atoms with Gasteiger partial charge in [-0.15, -0.1) is 0 Å². The van der Waals surface area contributed by atoms with E-state index in [1.165, 1.54) is 22.0 Å². The molecule has 0 aromatic heterocycles. The Kier molecular flexibility index (Phi) is 4.80. The van der Waals surface area contributed by atoms with Crippen LogP contribution in [0.25, 0.3) is 0 Å². The number of rotatable bonds is 4. The Morgan fingerprint density at radius 3 is 2.30 bits per heavy atom. The number of hydrogen-bond donors (Lipinski definition) is 1. The fraction of sp³-hybridized carbons (Fsp3) is 0.294. The highest BCUT2D eigenvalue weighted by atomic mass is 31.1. The van der Waals surface area contributed by atoms with Gasteiger partial charge in [0.15, 0.2) is 0 Å². The maximum Gasteiger partial charge on any atom is 0.123 e. The lowest BCUT2D eigenvalue weighted by molar-refractivity contribution is 0.403. The molecule has 0 spiro atoms. The highest BCUT2D eigenvalue weighted by Gasteiger charge is 2.08. The molecule has 0 bridgehead atoms. The van der Waals surface area contributed by atoms with Gasteiger partial charge in [0.05, 0.1) is 0 Å². The molecule has 1 atom stereocenters. The number of nitrogens with zero attached hydrogens (tertiary/aromatic N) is 1. The number of aryl methyl sites for hydroxylation is 2. The standard InChI is InChI=1S/C17H22NOP/c1-12-6-8-16(14(9-12)11-18(3)4)20-17-10-13(2)5-7-15(17)19/h5-10,19-20H,11H2,1-4H3. The van der Waals surface area contributed by atoms with Gasteiger partial charge in [-0.25, -0.2) is 0 Å². The molecule has 0 fully saturated rings. The second-order valence-corrected chi connectivity index (χ2v) is 6.87. The number of phenolic OH excluding ortho intramolecular Hbond substituents is 1. The molecule has 0 amide bonds. The zero-order chi connectivity index (χ0) is 14.7. The first-order valence-electron chi connectivity index (χ1n) is 6.76. The molecule has 3 heteroatoms. The van der Waals surface area contributed by atoms with Crippen molar-refractivity contribution >= 4 is 19.2 Å². The number of benzene rings is 2. The van der Waals surface area contributed by atoms with Crippen molar-refractivity contribution in [1.29, 1.82) is 0 Å². The van der Waals surface area contributed by atoms with Crippen molar-refractivity contribution in [2.45, 2.75) is 20.4 Å². The summed E-state index contributed by atoms with van der Waals surface area (Å²) in [7, 11) is 4.66. The van der Waals surface area contributed by atoms with E-state index in [-0.39, 0.29) is 0 Å². The average molecular weight is 287 g/mol. The van der Waals surface area contributed by atoms with E-state index in [0.717, 1.165) is 11.8 Å². The van der Waals surface area contributed by atoms with Crippen LogP contribution in [0.4, 0.5) is 0 Å².